The molecule has 1 unspecified atom stereocenters. The number of benzene rings is 1. The average Bonchev–Trinajstić information content (AvgIpc) is 3.28. The van der Waals surface area contributed by atoms with Gasteiger partial charge in [0.2, 0.25) is 5.89 Å². The molecule has 0 amide bonds. The third-order valence-electron chi connectivity index (χ3n) is 4.68. The summed E-state index contributed by atoms with van der Waals surface area (Å²) < 4.78 is 11.4. The van der Waals surface area contributed by atoms with E-state index in [4.69, 9.17) is 9.15 Å². The van der Waals surface area contributed by atoms with Gasteiger partial charge in [-0.3, -0.25) is 4.99 Å². The molecule has 0 aliphatic carbocycles. The maximum absolute atomic E-state index is 5.79. The molecular formula is C20H29IN4O2. The van der Waals surface area contributed by atoms with Gasteiger partial charge in [0.15, 0.2) is 5.96 Å². The van der Waals surface area contributed by atoms with Crippen molar-refractivity contribution in [2.24, 2.45) is 4.99 Å². The number of halogens is 1. The lowest BCUT2D eigenvalue weighted by Crippen LogP contribution is -2.45. The molecule has 148 valence electrons. The van der Waals surface area contributed by atoms with Gasteiger partial charge >= 0.3 is 0 Å². The van der Waals surface area contributed by atoms with Crippen molar-refractivity contribution >= 4 is 29.9 Å². The molecule has 1 aromatic carbocycles. The minimum absolute atomic E-state index is 0. The van der Waals surface area contributed by atoms with Crippen LogP contribution in [0.25, 0.3) is 11.5 Å². The highest BCUT2D eigenvalue weighted by Crippen LogP contribution is 2.23. The van der Waals surface area contributed by atoms with Gasteiger partial charge < -0.3 is 19.8 Å². The first-order valence-corrected chi connectivity index (χ1v) is 9.18. The Kier molecular flexibility index (Phi) is 8.09. The van der Waals surface area contributed by atoms with Crippen molar-refractivity contribution < 1.29 is 9.15 Å². The molecule has 0 spiro atoms. The molecule has 6 nitrogen and oxygen atoms in total. The molecule has 1 aliphatic rings. The summed E-state index contributed by atoms with van der Waals surface area (Å²) >= 11 is 0. The molecule has 1 aromatic heterocycles. The van der Waals surface area contributed by atoms with Crippen molar-refractivity contribution in [2.75, 3.05) is 26.7 Å². The number of aliphatic imine (C=N–C) groups is 1. The number of rotatable bonds is 6. The van der Waals surface area contributed by atoms with E-state index < -0.39 is 0 Å². The second-order valence-corrected chi connectivity index (χ2v) is 7.01. The van der Waals surface area contributed by atoms with E-state index in [1.54, 1.807) is 13.3 Å². The van der Waals surface area contributed by atoms with E-state index >= 15 is 0 Å². The highest BCUT2D eigenvalue weighted by atomic mass is 127. The van der Waals surface area contributed by atoms with Gasteiger partial charge in [-0.2, -0.15) is 0 Å². The Morgan fingerprint density at radius 3 is 2.70 bits per heavy atom. The van der Waals surface area contributed by atoms with E-state index in [1.807, 2.05) is 12.1 Å². The Labute approximate surface area is 178 Å². The zero-order valence-electron chi connectivity index (χ0n) is 16.2. The SMILES string of the molecule is CN=C(NCCc1coc(-c2ccc(C)cc2)n1)NCC1(C)CCCO1.I. The second-order valence-electron chi connectivity index (χ2n) is 7.01. The molecule has 0 bridgehead atoms. The van der Waals surface area contributed by atoms with Gasteiger partial charge in [-0.05, 0) is 38.8 Å². The van der Waals surface area contributed by atoms with Gasteiger partial charge in [0.1, 0.15) is 6.26 Å². The largest absolute Gasteiger partial charge is 0.444 e. The van der Waals surface area contributed by atoms with Crippen molar-refractivity contribution in [1.82, 2.24) is 15.6 Å². The lowest BCUT2D eigenvalue weighted by molar-refractivity contribution is 0.0243. The minimum atomic E-state index is -0.0906. The zero-order chi connectivity index (χ0) is 18.4. The van der Waals surface area contributed by atoms with Crippen LogP contribution in [-0.4, -0.2) is 43.3 Å². The molecule has 2 aromatic rings. The smallest absolute Gasteiger partial charge is 0.226 e. The van der Waals surface area contributed by atoms with Gasteiger partial charge in [0.05, 0.1) is 11.3 Å². The first kappa shape index (κ1) is 21.7. The summed E-state index contributed by atoms with van der Waals surface area (Å²) in [4.78, 5) is 8.83. The molecule has 2 N–H and O–H groups in total. The van der Waals surface area contributed by atoms with Crippen molar-refractivity contribution in [3.63, 3.8) is 0 Å². The van der Waals surface area contributed by atoms with Crippen LogP contribution in [0.5, 0.6) is 0 Å². The molecule has 0 radical (unpaired) electrons. The predicted molar refractivity (Wildman–Crippen MR) is 119 cm³/mol. The van der Waals surface area contributed by atoms with Crippen molar-refractivity contribution in [2.45, 2.75) is 38.7 Å². The molecule has 1 aliphatic heterocycles. The Morgan fingerprint density at radius 2 is 2.04 bits per heavy atom. The Balaban J connectivity index is 0.00000261. The lowest BCUT2D eigenvalue weighted by Gasteiger charge is -2.24. The van der Waals surface area contributed by atoms with E-state index in [9.17, 15) is 0 Å². The zero-order valence-corrected chi connectivity index (χ0v) is 18.6. The van der Waals surface area contributed by atoms with E-state index in [0.717, 1.165) is 56.2 Å². The van der Waals surface area contributed by atoms with Gasteiger partial charge in [-0.25, -0.2) is 4.98 Å². The molecule has 7 heteroatoms. The topological polar surface area (TPSA) is 71.7 Å². The van der Waals surface area contributed by atoms with Crippen LogP contribution in [0.15, 0.2) is 39.9 Å². The molecule has 1 saturated heterocycles. The van der Waals surface area contributed by atoms with Crippen LogP contribution in [0.3, 0.4) is 0 Å². The van der Waals surface area contributed by atoms with Crippen molar-refractivity contribution in [3.8, 4) is 11.5 Å². The number of nitrogens with zero attached hydrogens (tertiary/aromatic N) is 2. The summed E-state index contributed by atoms with van der Waals surface area (Å²) in [6, 6.07) is 8.18. The third kappa shape index (κ3) is 6.21. The first-order chi connectivity index (χ1) is 12.6. The Bertz CT molecular complexity index is 737. The molecule has 3 rings (SSSR count). The number of ether oxygens (including phenoxy) is 1. The maximum Gasteiger partial charge on any atom is 0.226 e. The third-order valence-corrected chi connectivity index (χ3v) is 4.68. The number of guanidine groups is 1. The summed E-state index contributed by atoms with van der Waals surface area (Å²) in [5.74, 6) is 1.44. The molecular weight excluding hydrogens is 455 g/mol. The monoisotopic (exact) mass is 484 g/mol. The number of aromatic nitrogens is 1. The predicted octanol–water partition coefficient (Wildman–Crippen LogP) is 3.54. The van der Waals surface area contributed by atoms with Crippen molar-refractivity contribution in [1.29, 1.82) is 0 Å². The van der Waals surface area contributed by atoms with E-state index in [2.05, 4.69) is 46.6 Å². The van der Waals surface area contributed by atoms with Gasteiger partial charge in [-0.15, -0.1) is 24.0 Å². The van der Waals surface area contributed by atoms with Gasteiger partial charge in [0.25, 0.3) is 0 Å². The van der Waals surface area contributed by atoms with E-state index in [-0.39, 0.29) is 29.6 Å². The van der Waals surface area contributed by atoms with Crippen LogP contribution in [0.1, 0.15) is 31.0 Å². The van der Waals surface area contributed by atoms with Gasteiger partial charge in [-0.1, -0.05) is 17.7 Å². The first-order valence-electron chi connectivity index (χ1n) is 9.18. The highest BCUT2D eigenvalue weighted by Gasteiger charge is 2.29. The van der Waals surface area contributed by atoms with Gasteiger partial charge in [0, 0.05) is 38.7 Å². The Hall–Kier alpha value is -1.61. The molecule has 1 atom stereocenters. The second kappa shape index (κ2) is 10.1. The highest BCUT2D eigenvalue weighted by molar-refractivity contribution is 14.0. The number of oxazole rings is 1. The van der Waals surface area contributed by atoms with Crippen LogP contribution in [0, 0.1) is 6.92 Å². The average molecular weight is 484 g/mol. The van der Waals surface area contributed by atoms with Crippen molar-refractivity contribution in [3.05, 3.63) is 41.8 Å². The van der Waals surface area contributed by atoms with Crippen LogP contribution in [-0.2, 0) is 11.2 Å². The number of nitrogens with one attached hydrogen (secondary N) is 2. The maximum atomic E-state index is 5.79. The summed E-state index contributed by atoms with van der Waals surface area (Å²) in [7, 11) is 1.78. The normalized spacial score (nSPS) is 19.6. The quantitative estimate of drug-likeness (QED) is 0.373. The van der Waals surface area contributed by atoms with E-state index in [0.29, 0.717) is 5.89 Å². The number of hydrogen-bond donors (Lipinski definition) is 2. The fourth-order valence-electron chi connectivity index (χ4n) is 3.03. The van der Waals surface area contributed by atoms with Crippen LogP contribution in [0.4, 0.5) is 0 Å². The molecule has 1 fully saturated rings. The number of aryl methyl sites for hydroxylation is 1. The number of hydrogen-bond acceptors (Lipinski definition) is 4. The summed E-state index contributed by atoms with van der Waals surface area (Å²) in [5.41, 5.74) is 3.05. The fraction of sp³-hybridized carbons (Fsp3) is 0.500. The molecule has 0 saturated carbocycles. The molecule has 27 heavy (non-hydrogen) atoms. The molecule has 2 heterocycles. The minimum Gasteiger partial charge on any atom is -0.444 e. The standard InChI is InChI=1S/C20H28N4O2.HI/c1-15-5-7-16(8-6-15)18-24-17(13-25-18)9-11-22-19(21-3)23-14-20(2)10-4-12-26-20;/h5-8,13H,4,9-12,14H2,1-3H3,(H2,21,22,23);1H. The van der Waals surface area contributed by atoms with Crippen LogP contribution >= 0.6 is 24.0 Å². The summed E-state index contributed by atoms with van der Waals surface area (Å²) in [6.07, 6.45) is 4.70. The van der Waals surface area contributed by atoms with Crippen LogP contribution in [0.2, 0.25) is 0 Å². The van der Waals surface area contributed by atoms with E-state index in [1.165, 1.54) is 5.56 Å². The Morgan fingerprint density at radius 1 is 1.26 bits per heavy atom. The lowest BCUT2D eigenvalue weighted by atomic mass is 10.0. The summed E-state index contributed by atoms with van der Waals surface area (Å²) in [5, 5.41) is 6.66. The summed E-state index contributed by atoms with van der Waals surface area (Å²) in [6.45, 7) is 6.55. The fourth-order valence-corrected chi connectivity index (χ4v) is 3.03. The van der Waals surface area contributed by atoms with Crippen LogP contribution < -0.4 is 10.6 Å².